The molecular weight excluding hydrogens is 345 g/mol. The Kier molecular flexibility index (Phi) is 5.58. The van der Waals surface area contributed by atoms with Crippen LogP contribution in [0.15, 0.2) is 24.4 Å². The largest absolute Gasteiger partial charge is 0.382 e. The summed E-state index contributed by atoms with van der Waals surface area (Å²) in [6.45, 7) is 3.77. The monoisotopic (exact) mass is 367 g/mol. The maximum atomic E-state index is 6.24. The number of nitrogens with zero attached hydrogens (tertiary/aromatic N) is 3. The van der Waals surface area contributed by atoms with E-state index in [0.29, 0.717) is 27.1 Å². The molecule has 7 heteroatoms. The van der Waals surface area contributed by atoms with E-state index in [-0.39, 0.29) is 13.0 Å². The summed E-state index contributed by atoms with van der Waals surface area (Å²) >= 11 is 12.3. The fourth-order valence-electron chi connectivity index (χ4n) is 2.69. The summed E-state index contributed by atoms with van der Waals surface area (Å²) in [5.74, 6) is 1.10. The van der Waals surface area contributed by atoms with Gasteiger partial charge in [-0.2, -0.15) is 0 Å². The second kappa shape index (κ2) is 7.13. The lowest BCUT2D eigenvalue weighted by Crippen LogP contribution is -2.48. The number of rotatable bonds is 2. The van der Waals surface area contributed by atoms with E-state index in [9.17, 15) is 0 Å². The molecule has 4 N–H and O–H groups in total. The van der Waals surface area contributed by atoms with Crippen molar-refractivity contribution in [2.24, 2.45) is 5.73 Å². The lowest BCUT2D eigenvalue weighted by atomic mass is 9.91. The van der Waals surface area contributed by atoms with E-state index in [1.165, 1.54) is 0 Å². The van der Waals surface area contributed by atoms with E-state index in [2.05, 4.69) is 21.8 Å². The molecule has 2 aromatic rings. The first-order valence-electron chi connectivity index (χ1n) is 7.48. The van der Waals surface area contributed by atoms with Gasteiger partial charge < -0.3 is 16.4 Å². The van der Waals surface area contributed by atoms with Crippen LogP contribution in [0.25, 0.3) is 11.3 Å². The standard InChI is InChI=1S/C16H19Cl2N5.CH4/c1-16(20)5-7-23(8-6-16)12-9-21-14(15(19)22-12)10-3-2-4-11(17)13(10)18;/h2-4,9H,5-8,20H2,1H3,(H2,19,22);1H4. The van der Waals surface area contributed by atoms with Crippen molar-refractivity contribution >= 4 is 34.8 Å². The first kappa shape index (κ1) is 18.8. The van der Waals surface area contributed by atoms with Crippen molar-refractivity contribution in [3.8, 4) is 11.3 Å². The van der Waals surface area contributed by atoms with E-state index in [4.69, 9.17) is 34.7 Å². The van der Waals surface area contributed by atoms with Crippen LogP contribution in [-0.4, -0.2) is 28.6 Å². The number of halogens is 2. The first-order chi connectivity index (χ1) is 10.9. The summed E-state index contributed by atoms with van der Waals surface area (Å²) in [6.07, 6.45) is 3.55. The average Bonchev–Trinajstić information content (AvgIpc) is 2.50. The zero-order valence-corrected chi connectivity index (χ0v) is 14.4. The van der Waals surface area contributed by atoms with Gasteiger partial charge in [0.1, 0.15) is 11.5 Å². The smallest absolute Gasteiger partial charge is 0.152 e. The van der Waals surface area contributed by atoms with Crippen molar-refractivity contribution < 1.29 is 0 Å². The molecule has 1 aromatic carbocycles. The molecule has 0 aliphatic carbocycles. The molecule has 2 heterocycles. The molecule has 0 atom stereocenters. The van der Waals surface area contributed by atoms with Crippen molar-refractivity contribution in [1.29, 1.82) is 0 Å². The number of nitrogens with two attached hydrogens (primary N) is 2. The first-order valence-corrected chi connectivity index (χ1v) is 8.24. The molecule has 0 bridgehead atoms. The van der Waals surface area contributed by atoms with Crippen molar-refractivity contribution in [2.75, 3.05) is 23.7 Å². The van der Waals surface area contributed by atoms with Gasteiger partial charge in [0, 0.05) is 24.2 Å². The van der Waals surface area contributed by atoms with Gasteiger partial charge in [0.05, 0.1) is 16.2 Å². The topological polar surface area (TPSA) is 81.1 Å². The van der Waals surface area contributed by atoms with Crippen LogP contribution >= 0.6 is 23.2 Å². The van der Waals surface area contributed by atoms with Crippen LogP contribution < -0.4 is 16.4 Å². The van der Waals surface area contributed by atoms with Gasteiger partial charge in [0.25, 0.3) is 0 Å². The molecule has 1 aliphatic heterocycles. The summed E-state index contributed by atoms with van der Waals surface area (Å²) < 4.78 is 0. The molecule has 0 radical (unpaired) electrons. The Morgan fingerprint density at radius 2 is 1.88 bits per heavy atom. The van der Waals surface area contributed by atoms with Gasteiger partial charge in [-0.15, -0.1) is 0 Å². The van der Waals surface area contributed by atoms with Gasteiger partial charge in [-0.05, 0) is 25.8 Å². The molecule has 130 valence electrons. The SMILES string of the molecule is C.CC1(N)CCN(c2cnc(-c3cccc(Cl)c3Cl)c(N)n2)CC1. The lowest BCUT2D eigenvalue weighted by Gasteiger charge is -2.37. The zero-order valence-electron chi connectivity index (χ0n) is 12.9. The Bertz CT molecular complexity index is 723. The van der Waals surface area contributed by atoms with Crippen LogP contribution in [0.4, 0.5) is 11.6 Å². The van der Waals surface area contributed by atoms with Gasteiger partial charge in [0.2, 0.25) is 0 Å². The third kappa shape index (κ3) is 3.74. The predicted molar refractivity (Wildman–Crippen MR) is 103 cm³/mol. The Labute approximate surface area is 153 Å². The van der Waals surface area contributed by atoms with Crippen LogP contribution in [0.2, 0.25) is 10.0 Å². The highest BCUT2D eigenvalue weighted by Crippen LogP contribution is 2.35. The van der Waals surface area contributed by atoms with E-state index in [0.717, 1.165) is 31.7 Å². The predicted octanol–water partition coefficient (Wildman–Crippen LogP) is 3.99. The minimum absolute atomic E-state index is 0. The van der Waals surface area contributed by atoms with Crippen molar-refractivity contribution in [1.82, 2.24) is 9.97 Å². The quantitative estimate of drug-likeness (QED) is 0.838. The molecule has 1 saturated heterocycles. The summed E-state index contributed by atoms with van der Waals surface area (Å²) in [5, 5.41) is 0.896. The number of aromatic nitrogens is 2. The molecule has 1 aromatic heterocycles. The van der Waals surface area contributed by atoms with Gasteiger partial charge in [0.15, 0.2) is 5.82 Å². The van der Waals surface area contributed by atoms with Gasteiger partial charge in [-0.1, -0.05) is 42.8 Å². The maximum absolute atomic E-state index is 6.24. The highest BCUT2D eigenvalue weighted by Gasteiger charge is 2.27. The van der Waals surface area contributed by atoms with Crippen molar-refractivity contribution in [3.63, 3.8) is 0 Å². The number of anilines is 2. The van der Waals surface area contributed by atoms with Gasteiger partial charge >= 0.3 is 0 Å². The Morgan fingerprint density at radius 3 is 2.50 bits per heavy atom. The zero-order chi connectivity index (χ0) is 16.6. The summed E-state index contributed by atoms with van der Waals surface area (Å²) in [7, 11) is 0. The normalized spacial score (nSPS) is 16.6. The fourth-order valence-corrected chi connectivity index (χ4v) is 3.08. The Hall–Kier alpha value is -1.56. The third-order valence-electron chi connectivity index (χ3n) is 4.22. The highest BCUT2D eigenvalue weighted by atomic mass is 35.5. The molecule has 5 nitrogen and oxygen atoms in total. The molecule has 0 unspecified atom stereocenters. The second-order valence-electron chi connectivity index (χ2n) is 6.20. The molecule has 24 heavy (non-hydrogen) atoms. The maximum Gasteiger partial charge on any atom is 0.152 e. The molecule has 3 rings (SSSR count). The summed E-state index contributed by atoms with van der Waals surface area (Å²) in [4.78, 5) is 11.1. The number of hydrogen-bond acceptors (Lipinski definition) is 5. The molecular formula is C17H23Cl2N5. The highest BCUT2D eigenvalue weighted by molar-refractivity contribution is 6.43. The van der Waals surface area contributed by atoms with E-state index >= 15 is 0 Å². The number of benzene rings is 1. The molecule has 0 spiro atoms. The lowest BCUT2D eigenvalue weighted by molar-refractivity contribution is 0.363. The van der Waals surface area contributed by atoms with Gasteiger partial charge in [-0.25, -0.2) is 9.97 Å². The second-order valence-corrected chi connectivity index (χ2v) is 6.99. The van der Waals surface area contributed by atoms with Crippen LogP contribution in [0.1, 0.15) is 27.2 Å². The molecule has 1 aliphatic rings. The van der Waals surface area contributed by atoms with Crippen LogP contribution in [-0.2, 0) is 0 Å². The Morgan fingerprint density at radius 1 is 1.21 bits per heavy atom. The summed E-state index contributed by atoms with van der Waals surface area (Å²) in [6, 6.07) is 5.36. The average molecular weight is 368 g/mol. The van der Waals surface area contributed by atoms with Crippen molar-refractivity contribution in [3.05, 3.63) is 34.4 Å². The van der Waals surface area contributed by atoms with Crippen LogP contribution in [0.5, 0.6) is 0 Å². The number of piperidine rings is 1. The minimum atomic E-state index is -0.107. The minimum Gasteiger partial charge on any atom is -0.382 e. The van der Waals surface area contributed by atoms with E-state index in [1.54, 1.807) is 12.3 Å². The van der Waals surface area contributed by atoms with Crippen LogP contribution in [0, 0.1) is 0 Å². The molecule has 0 amide bonds. The van der Waals surface area contributed by atoms with Crippen LogP contribution in [0.3, 0.4) is 0 Å². The molecule has 1 fully saturated rings. The Balaban J connectivity index is 0.00000208. The summed E-state index contributed by atoms with van der Waals surface area (Å²) in [5.41, 5.74) is 13.4. The van der Waals surface area contributed by atoms with E-state index in [1.807, 2.05) is 12.1 Å². The van der Waals surface area contributed by atoms with Crippen molar-refractivity contribution in [2.45, 2.75) is 32.7 Å². The molecule has 0 saturated carbocycles. The van der Waals surface area contributed by atoms with Gasteiger partial charge in [-0.3, -0.25) is 0 Å². The van der Waals surface area contributed by atoms with E-state index < -0.39 is 0 Å². The fraction of sp³-hybridized carbons (Fsp3) is 0.412. The number of nitrogen functional groups attached to an aromatic ring is 1. The third-order valence-corrected chi connectivity index (χ3v) is 5.04. The number of hydrogen-bond donors (Lipinski definition) is 2.